The van der Waals surface area contributed by atoms with E-state index in [9.17, 15) is 0 Å². The fourth-order valence-corrected chi connectivity index (χ4v) is 2.62. The third kappa shape index (κ3) is 2.27. The van der Waals surface area contributed by atoms with Crippen molar-refractivity contribution in [2.75, 3.05) is 19.8 Å². The Morgan fingerprint density at radius 2 is 2.00 bits per heavy atom. The van der Waals surface area contributed by atoms with Crippen LogP contribution in [-0.4, -0.2) is 30.7 Å². The molecule has 0 aromatic carbocycles. The maximum Gasteiger partial charge on any atom is 0.168 e. The summed E-state index contributed by atoms with van der Waals surface area (Å²) in [6.07, 6.45) is 6.65. The molecule has 3 heteroatoms. The van der Waals surface area contributed by atoms with Crippen LogP contribution in [0, 0.1) is 5.92 Å². The molecule has 1 aliphatic carbocycles. The average molecular weight is 200 g/mol. The Labute approximate surface area is 85.4 Å². The van der Waals surface area contributed by atoms with Crippen molar-refractivity contribution in [2.24, 2.45) is 5.92 Å². The van der Waals surface area contributed by atoms with Crippen LogP contribution in [0.4, 0.5) is 0 Å². The highest BCUT2D eigenvalue weighted by Gasteiger charge is 2.43. The Bertz CT molecular complexity index is 175. The zero-order chi connectivity index (χ0) is 9.86. The van der Waals surface area contributed by atoms with Crippen LogP contribution < -0.4 is 0 Å². The summed E-state index contributed by atoms with van der Waals surface area (Å²) in [4.78, 5) is 0. The molecule has 3 nitrogen and oxygen atoms in total. The van der Waals surface area contributed by atoms with Gasteiger partial charge < -0.3 is 14.6 Å². The van der Waals surface area contributed by atoms with Crippen LogP contribution in [0.5, 0.6) is 0 Å². The van der Waals surface area contributed by atoms with Crippen LogP contribution in [0.2, 0.25) is 0 Å². The number of aliphatic hydroxyl groups is 1. The molecule has 0 radical (unpaired) electrons. The van der Waals surface area contributed by atoms with Gasteiger partial charge in [0.25, 0.3) is 0 Å². The number of rotatable bonds is 4. The molecule has 0 bridgehead atoms. The van der Waals surface area contributed by atoms with Gasteiger partial charge in [-0.15, -0.1) is 0 Å². The summed E-state index contributed by atoms with van der Waals surface area (Å²) in [5.74, 6) is 0.545. The molecule has 1 unspecified atom stereocenters. The second kappa shape index (κ2) is 4.60. The maximum absolute atomic E-state index is 8.70. The molecule has 2 rings (SSSR count). The monoisotopic (exact) mass is 200 g/mol. The van der Waals surface area contributed by atoms with Crippen molar-refractivity contribution in [3.05, 3.63) is 0 Å². The second-order valence-electron chi connectivity index (χ2n) is 4.44. The number of hydrogen-bond donors (Lipinski definition) is 1. The number of hydrogen-bond acceptors (Lipinski definition) is 3. The summed E-state index contributed by atoms with van der Waals surface area (Å²) in [7, 11) is 0. The van der Waals surface area contributed by atoms with E-state index in [0.29, 0.717) is 6.61 Å². The van der Waals surface area contributed by atoms with Gasteiger partial charge in [-0.3, -0.25) is 0 Å². The predicted molar refractivity (Wildman–Crippen MR) is 52.9 cm³/mol. The Kier molecular flexibility index (Phi) is 3.42. The van der Waals surface area contributed by atoms with Gasteiger partial charge in [-0.25, -0.2) is 0 Å². The Hall–Kier alpha value is -0.120. The van der Waals surface area contributed by atoms with Gasteiger partial charge >= 0.3 is 0 Å². The van der Waals surface area contributed by atoms with Crippen molar-refractivity contribution in [1.82, 2.24) is 0 Å². The number of ether oxygens (including phenoxy) is 2. The molecule has 14 heavy (non-hydrogen) atoms. The van der Waals surface area contributed by atoms with Crippen LogP contribution in [-0.2, 0) is 9.47 Å². The lowest BCUT2D eigenvalue weighted by molar-refractivity contribution is -0.152. The first kappa shape index (κ1) is 10.4. The SMILES string of the molecule is OCCCCC1CCC2(C1)OCCO2. The first-order valence-corrected chi connectivity index (χ1v) is 5.73. The molecule has 1 N–H and O–H groups in total. The van der Waals surface area contributed by atoms with E-state index in [4.69, 9.17) is 14.6 Å². The van der Waals surface area contributed by atoms with E-state index in [1.165, 1.54) is 12.8 Å². The van der Waals surface area contributed by atoms with Crippen molar-refractivity contribution in [1.29, 1.82) is 0 Å². The van der Waals surface area contributed by atoms with E-state index in [2.05, 4.69) is 0 Å². The zero-order valence-corrected chi connectivity index (χ0v) is 8.71. The van der Waals surface area contributed by atoms with Crippen molar-refractivity contribution >= 4 is 0 Å². The van der Waals surface area contributed by atoms with E-state index in [0.717, 1.165) is 44.8 Å². The Morgan fingerprint density at radius 1 is 1.21 bits per heavy atom. The first-order valence-electron chi connectivity index (χ1n) is 5.73. The molecule has 1 heterocycles. The summed E-state index contributed by atoms with van der Waals surface area (Å²) < 4.78 is 11.3. The van der Waals surface area contributed by atoms with Gasteiger partial charge in [-0.2, -0.15) is 0 Å². The minimum Gasteiger partial charge on any atom is -0.396 e. The molecule has 1 spiro atoms. The van der Waals surface area contributed by atoms with Crippen molar-refractivity contribution in [2.45, 2.75) is 44.3 Å². The molecular formula is C11H20O3. The van der Waals surface area contributed by atoms with E-state index in [1.807, 2.05) is 0 Å². The molecule has 0 aromatic rings. The van der Waals surface area contributed by atoms with Gasteiger partial charge in [0.1, 0.15) is 0 Å². The first-order chi connectivity index (χ1) is 6.85. The normalized spacial score (nSPS) is 30.2. The van der Waals surface area contributed by atoms with Crippen LogP contribution >= 0.6 is 0 Å². The molecule has 2 fully saturated rings. The van der Waals surface area contributed by atoms with Crippen LogP contribution in [0.15, 0.2) is 0 Å². The third-order valence-corrected chi connectivity index (χ3v) is 3.37. The van der Waals surface area contributed by atoms with E-state index in [-0.39, 0.29) is 5.79 Å². The lowest BCUT2D eigenvalue weighted by atomic mass is 10.0. The largest absolute Gasteiger partial charge is 0.396 e. The highest BCUT2D eigenvalue weighted by Crippen LogP contribution is 2.42. The highest BCUT2D eigenvalue weighted by molar-refractivity contribution is 4.85. The lowest BCUT2D eigenvalue weighted by Crippen LogP contribution is -2.25. The Morgan fingerprint density at radius 3 is 2.71 bits per heavy atom. The minimum atomic E-state index is -0.204. The van der Waals surface area contributed by atoms with Gasteiger partial charge in [-0.1, -0.05) is 12.8 Å². The summed E-state index contributed by atoms with van der Waals surface area (Å²) in [6.45, 7) is 1.86. The molecular weight excluding hydrogens is 180 g/mol. The Balaban J connectivity index is 1.71. The molecule has 82 valence electrons. The molecule has 0 aromatic heterocycles. The van der Waals surface area contributed by atoms with Gasteiger partial charge in [-0.05, 0) is 18.8 Å². The molecule has 0 amide bonds. The van der Waals surface area contributed by atoms with Crippen LogP contribution in [0.25, 0.3) is 0 Å². The van der Waals surface area contributed by atoms with Gasteiger partial charge in [0.15, 0.2) is 5.79 Å². The third-order valence-electron chi connectivity index (χ3n) is 3.37. The highest BCUT2D eigenvalue weighted by atomic mass is 16.7. The fraction of sp³-hybridized carbons (Fsp3) is 1.00. The van der Waals surface area contributed by atoms with Crippen LogP contribution in [0.3, 0.4) is 0 Å². The summed E-state index contributed by atoms with van der Waals surface area (Å²) in [5.41, 5.74) is 0. The molecule has 1 aliphatic heterocycles. The van der Waals surface area contributed by atoms with Crippen molar-refractivity contribution in [3.8, 4) is 0 Å². The minimum absolute atomic E-state index is 0.204. The standard InChI is InChI=1S/C11H20O3/c12-6-2-1-3-10-4-5-11(9-10)13-7-8-14-11/h10,12H,1-9H2. The fourth-order valence-electron chi connectivity index (χ4n) is 2.62. The molecule has 1 saturated heterocycles. The van der Waals surface area contributed by atoms with E-state index in [1.54, 1.807) is 0 Å². The van der Waals surface area contributed by atoms with E-state index >= 15 is 0 Å². The summed E-state index contributed by atoms with van der Waals surface area (Å²) >= 11 is 0. The summed E-state index contributed by atoms with van der Waals surface area (Å²) in [6, 6.07) is 0. The zero-order valence-electron chi connectivity index (χ0n) is 8.71. The van der Waals surface area contributed by atoms with Gasteiger partial charge in [0.05, 0.1) is 13.2 Å². The quantitative estimate of drug-likeness (QED) is 0.702. The van der Waals surface area contributed by atoms with Gasteiger partial charge in [0, 0.05) is 19.4 Å². The van der Waals surface area contributed by atoms with Crippen molar-refractivity contribution in [3.63, 3.8) is 0 Å². The molecule has 2 aliphatic rings. The molecule has 1 saturated carbocycles. The number of unbranched alkanes of at least 4 members (excludes halogenated alkanes) is 1. The van der Waals surface area contributed by atoms with E-state index < -0.39 is 0 Å². The predicted octanol–water partition coefficient (Wildman–Crippen LogP) is 1.69. The maximum atomic E-state index is 8.70. The average Bonchev–Trinajstić information content (AvgIpc) is 2.79. The lowest BCUT2D eigenvalue weighted by Gasteiger charge is -2.21. The van der Waals surface area contributed by atoms with Crippen molar-refractivity contribution < 1.29 is 14.6 Å². The smallest absolute Gasteiger partial charge is 0.168 e. The number of aliphatic hydroxyl groups excluding tert-OH is 1. The van der Waals surface area contributed by atoms with Gasteiger partial charge in [0.2, 0.25) is 0 Å². The topological polar surface area (TPSA) is 38.7 Å². The second-order valence-corrected chi connectivity index (χ2v) is 4.44. The van der Waals surface area contributed by atoms with Crippen LogP contribution in [0.1, 0.15) is 38.5 Å². The summed E-state index contributed by atoms with van der Waals surface area (Å²) in [5, 5.41) is 8.70. The molecule has 1 atom stereocenters.